The van der Waals surface area contributed by atoms with Crippen molar-refractivity contribution >= 4 is 5.91 Å². The summed E-state index contributed by atoms with van der Waals surface area (Å²) in [6, 6.07) is 15.0. The SMILES string of the molecule is CC(NC(=O)C(C)(N)c1ccccc1)c1cccc(F)c1. The molecule has 0 fully saturated rings. The van der Waals surface area contributed by atoms with E-state index >= 15 is 0 Å². The fourth-order valence-electron chi connectivity index (χ4n) is 2.12. The average Bonchev–Trinajstić information content (AvgIpc) is 2.48. The van der Waals surface area contributed by atoms with Gasteiger partial charge in [0.1, 0.15) is 11.4 Å². The Hall–Kier alpha value is -2.20. The van der Waals surface area contributed by atoms with Gasteiger partial charge in [-0.3, -0.25) is 4.79 Å². The van der Waals surface area contributed by atoms with Gasteiger partial charge in [0.25, 0.3) is 0 Å². The summed E-state index contributed by atoms with van der Waals surface area (Å²) >= 11 is 0. The third-order valence-electron chi connectivity index (χ3n) is 3.54. The van der Waals surface area contributed by atoms with Crippen molar-refractivity contribution in [2.75, 3.05) is 0 Å². The van der Waals surface area contributed by atoms with Crippen molar-refractivity contribution in [1.82, 2.24) is 5.32 Å². The first-order chi connectivity index (χ1) is 9.91. The van der Waals surface area contributed by atoms with Crippen molar-refractivity contribution in [3.63, 3.8) is 0 Å². The predicted octanol–water partition coefficient (Wildman–Crippen LogP) is 2.88. The van der Waals surface area contributed by atoms with Crippen LogP contribution in [0.3, 0.4) is 0 Å². The maximum absolute atomic E-state index is 13.2. The van der Waals surface area contributed by atoms with Crippen molar-refractivity contribution < 1.29 is 9.18 Å². The number of hydrogen-bond acceptors (Lipinski definition) is 2. The number of rotatable bonds is 4. The van der Waals surface area contributed by atoms with Gasteiger partial charge in [-0.15, -0.1) is 0 Å². The molecule has 3 nitrogen and oxygen atoms in total. The minimum Gasteiger partial charge on any atom is -0.348 e. The van der Waals surface area contributed by atoms with Gasteiger partial charge in [0.2, 0.25) is 5.91 Å². The lowest BCUT2D eigenvalue weighted by Gasteiger charge is -2.26. The van der Waals surface area contributed by atoms with Gasteiger partial charge < -0.3 is 11.1 Å². The highest BCUT2D eigenvalue weighted by molar-refractivity contribution is 5.87. The molecule has 0 aliphatic carbocycles. The van der Waals surface area contributed by atoms with Gasteiger partial charge in [-0.1, -0.05) is 42.5 Å². The highest BCUT2D eigenvalue weighted by Gasteiger charge is 2.31. The van der Waals surface area contributed by atoms with Crippen LogP contribution in [-0.4, -0.2) is 5.91 Å². The Balaban J connectivity index is 2.14. The van der Waals surface area contributed by atoms with E-state index in [-0.39, 0.29) is 17.8 Å². The van der Waals surface area contributed by atoms with Gasteiger partial charge in [-0.2, -0.15) is 0 Å². The molecule has 2 atom stereocenters. The van der Waals surface area contributed by atoms with Crippen molar-refractivity contribution in [2.24, 2.45) is 5.73 Å². The van der Waals surface area contributed by atoms with Gasteiger partial charge in [-0.25, -0.2) is 4.39 Å². The molecule has 2 unspecified atom stereocenters. The summed E-state index contributed by atoms with van der Waals surface area (Å²) in [6.45, 7) is 3.46. The van der Waals surface area contributed by atoms with Crippen LogP contribution in [0.25, 0.3) is 0 Å². The highest BCUT2D eigenvalue weighted by atomic mass is 19.1. The number of amides is 1. The second-order valence-corrected chi connectivity index (χ2v) is 5.32. The zero-order chi connectivity index (χ0) is 15.5. The van der Waals surface area contributed by atoms with E-state index < -0.39 is 5.54 Å². The lowest BCUT2D eigenvalue weighted by molar-refractivity contribution is -0.126. The van der Waals surface area contributed by atoms with Crippen molar-refractivity contribution in [1.29, 1.82) is 0 Å². The average molecular weight is 286 g/mol. The summed E-state index contributed by atoms with van der Waals surface area (Å²) in [5.74, 6) is -0.627. The zero-order valence-corrected chi connectivity index (χ0v) is 12.1. The highest BCUT2D eigenvalue weighted by Crippen LogP contribution is 2.20. The normalized spacial score (nSPS) is 15.0. The van der Waals surface area contributed by atoms with E-state index in [0.29, 0.717) is 5.56 Å². The fourth-order valence-corrected chi connectivity index (χ4v) is 2.12. The number of carbonyl (C=O) groups excluding carboxylic acids is 1. The van der Waals surface area contributed by atoms with Crippen molar-refractivity contribution in [3.05, 3.63) is 71.5 Å². The number of carbonyl (C=O) groups is 1. The molecule has 0 bridgehead atoms. The summed E-state index contributed by atoms with van der Waals surface area (Å²) in [5.41, 5.74) is 6.45. The monoisotopic (exact) mass is 286 g/mol. The number of nitrogens with two attached hydrogens (primary N) is 1. The maximum atomic E-state index is 13.2. The van der Waals surface area contributed by atoms with Crippen LogP contribution in [0.15, 0.2) is 54.6 Å². The third kappa shape index (κ3) is 3.47. The number of halogens is 1. The van der Waals surface area contributed by atoms with Gasteiger partial charge in [0.05, 0.1) is 6.04 Å². The van der Waals surface area contributed by atoms with E-state index in [1.807, 2.05) is 30.3 Å². The number of nitrogens with one attached hydrogen (secondary N) is 1. The Labute approximate surface area is 124 Å². The largest absolute Gasteiger partial charge is 0.348 e. The molecule has 4 heteroatoms. The quantitative estimate of drug-likeness (QED) is 0.908. The van der Waals surface area contributed by atoms with Gasteiger partial charge >= 0.3 is 0 Å². The second-order valence-electron chi connectivity index (χ2n) is 5.32. The van der Waals surface area contributed by atoms with Crippen molar-refractivity contribution in [2.45, 2.75) is 25.4 Å². The Morgan fingerprint density at radius 2 is 1.86 bits per heavy atom. The molecule has 3 N–H and O–H groups in total. The molecule has 0 aliphatic heterocycles. The molecule has 0 heterocycles. The molecular weight excluding hydrogens is 267 g/mol. The molecule has 0 aliphatic rings. The summed E-state index contributed by atoms with van der Waals surface area (Å²) in [7, 11) is 0. The van der Waals surface area contributed by atoms with Crippen LogP contribution in [0.1, 0.15) is 31.0 Å². The summed E-state index contributed by atoms with van der Waals surface area (Å²) in [5, 5.41) is 2.83. The molecular formula is C17H19FN2O. The molecule has 0 radical (unpaired) electrons. The summed E-state index contributed by atoms with van der Waals surface area (Å²) in [4.78, 5) is 12.4. The Morgan fingerprint density at radius 3 is 2.48 bits per heavy atom. The Morgan fingerprint density at radius 1 is 1.19 bits per heavy atom. The van der Waals surface area contributed by atoms with Gasteiger partial charge in [0.15, 0.2) is 0 Å². The first-order valence-electron chi connectivity index (χ1n) is 6.82. The van der Waals surface area contributed by atoms with Crippen molar-refractivity contribution in [3.8, 4) is 0 Å². The topological polar surface area (TPSA) is 55.1 Å². The minimum atomic E-state index is -1.14. The molecule has 0 saturated heterocycles. The Bertz CT molecular complexity index is 626. The number of hydrogen-bond donors (Lipinski definition) is 2. The van der Waals surface area contributed by atoms with Crippen LogP contribution in [0.4, 0.5) is 4.39 Å². The summed E-state index contributed by atoms with van der Waals surface area (Å²) < 4.78 is 13.2. The first kappa shape index (κ1) is 15.2. The molecule has 1 amide bonds. The van der Waals surface area contributed by atoms with Crippen LogP contribution in [-0.2, 0) is 10.3 Å². The lowest BCUT2D eigenvalue weighted by atomic mass is 9.91. The van der Waals surface area contributed by atoms with E-state index in [1.165, 1.54) is 12.1 Å². The molecule has 0 aromatic heterocycles. The molecule has 2 aromatic rings. The molecule has 0 saturated carbocycles. The smallest absolute Gasteiger partial charge is 0.244 e. The van der Waals surface area contributed by atoms with E-state index in [2.05, 4.69) is 5.32 Å². The predicted molar refractivity (Wildman–Crippen MR) is 80.9 cm³/mol. The molecule has 0 spiro atoms. The molecule has 2 rings (SSSR count). The molecule has 21 heavy (non-hydrogen) atoms. The van der Waals surface area contributed by atoms with E-state index in [0.717, 1.165) is 5.56 Å². The van der Waals surface area contributed by atoms with Crippen LogP contribution in [0.2, 0.25) is 0 Å². The second kappa shape index (κ2) is 6.06. The van der Waals surface area contributed by atoms with Crippen LogP contribution in [0, 0.1) is 5.82 Å². The van der Waals surface area contributed by atoms with Crippen LogP contribution < -0.4 is 11.1 Å². The van der Waals surface area contributed by atoms with Crippen LogP contribution >= 0.6 is 0 Å². The Kier molecular flexibility index (Phi) is 4.38. The van der Waals surface area contributed by atoms with E-state index in [1.54, 1.807) is 26.0 Å². The lowest BCUT2D eigenvalue weighted by Crippen LogP contribution is -2.49. The molecule has 110 valence electrons. The standard InChI is InChI=1S/C17H19FN2O/c1-12(13-7-6-10-15(18)11-13)20-16(21)17(2,19)14-8-4-3-5-9-14/h3-12H,19H2,1-2H3,(H,20,21). The third-order valence-corrected chi connectivity index (χ3v) is 3.54. The first-order valence-corrected chi connectivity index (χ1v) is 6.82. The maximum Gasteiger partial charge on any atom is 0.244 e. The minimum absolute atomic E-state index is 0.300. The molecule has 2 aromatic carbocycles. The van der Waals surface area contributed by atoms with Gasteiger partial charge in [0, 0.05) is 0 Å². The van der Waals surface area contributed by atoms with Gasteiger partial charge in [-0.05, 0) is 37.1 Å². The zero-order valence-electron chi connectivity index (χ0n) is 12.1. The number of benzene rings is 2. The van der Waals surface area contributed by atoms with E-state index in [9.17, 15) is 9.18 Å². The fraction of sp³-hybridized carbons (Fsp3) is 0.235. The summed E-state index contributed by atoms with van der Waals surface area (Å²) in [6.07, 6.45) is 0. The van der Waals surface area contributed by atoms with E-state index in [4.69, 9.17) is 5.73 Å². The van der Waals surface area contributed by atoms with Crippen LogP contribution in [0.5, 0.6) is 0 Å².